The quantitative estimate of drug-likeness (QED) is 0.515. The second-order valence-electron chi connectivity index (χ2n) is 4.20. The van der Waals surface area contributed by atoms with E-state index in [1.807, 2.05) is 0 Å². The molecule has 0 atom stereocenters. The first kappa shape index (κ1) is 12.9. The van der Waals surface area contributed by atoms with Gasteiger partial charge in [-0.05, 0) is 12.3 Å². The highest BCUT2D eigenvalue weighted by molar-refractivity contribution is 4.63. The van der Waals surface area contributed by atoms with Crippen LogP contribution in [0, 0.1) is 5.92 Å². The van der Waals surface area contributed by atoms with Crippen molar-refractivity contribution >= 4 is 0 Å². The van der Waals surface area contributed by atoms with Crippen molar-refractivity contribution in [2.75, 3.05) is 0 Å². The standard InChI is InChI=1S/C11H22F2/c1-4-11(12,13)9-7-5-6-8-10(2)3/h10H,4-9H2,1-3H3. The number of alkyl halides is 2. The van der Waals surface area contributed by atoms with Gasteiger partial charge in [-0.3, -0.25) is 0 Å². The van der Waals surface area contributed by atoms with Gasteiger partial charge in [0, 0.05) is 12.8 Å². The highest BCUT2D eigenvalue weighted by Gasteiger charge is 2.24. The van der Waals surface area contributed by atoms with Crippen LogP contribution in [0.3, 0.4) is 0 Å². The Morgan fingerprint density at radius 1 is 1.08 bits per heavy atom. The average Bonchev–Trinajstić information content (AvgIpc) is 2.03. The van der Waals surface area contributed by atoms with Gasteiger partial charge in [0.05, 0.1) is 0 Å². The fraction of sp³-hybridized carbons (Fsp3) is 1.00. The Bertz CT molecular complexity index is 119. The highest BCUT2D eigenvalue weighted by Crippen LogP contribution is 2.25. The second-order valence-corrected chi connectivity index (χ2v) is 4.20. The first-order valence-corrected chi connectivity index (χ1v) is 5.36. The molecule has 80 valence electrons. The third-order valence-corrected chi connectivity index (χ3v) is 2.34. The maximum Gasteiger partial charge on any atom is 0.247 e. The van der Waals surface area contributed by atoms with E-state index < -0.39 is 5.92 Å². The molecular weight excluding hydrogens is 170 g/mol. The summed E-state index contributed by atoms with van der Waals surface area (Å²) in [6, 6.07) is 0. The summed E-state index contributed by atoms with van der Waals surface area (Å²) in [4.78, 5) is 0. The van der Waals surface area contributed by atoms with Gasteiger partial charge in [0.25, 0.3) is 0 Å². The summed E-state index contributed by atoms with van der Waals surface area (Å²) in [5, 5.41) is 0. The van der Waals surface area contributed by atoms with Crippen LogP contribution in [0.4, 0.5) is 8.78 Å². The number of hydrogen-bond donors (Lipinski definition) is 0. The van der Waals surface area contributed by atoms with Gasteiger partial charge >= 0.3 is 0 Å². The molecule has 0 unspecified atom stereocenters. The summed E-state index contributed by atoms with van der Waals surface area (Å²) in [5.74, 6) is -1.72. The van der Waals surface area contributed by atoms with Gasteiger partial charge in [-0.25, -0.2) is 8.78 Å². The molecule has 0 nitrogen and oxygen atoms in total. The molecule has 0 rings (SSSR count). The Kier molecular flexibility index (Phi) is 6.27. The summed E-state index contributed by atoms with van der Waals surface area (Å²) in [7, 11) is 0. The summed E-state index contributed by atoms with van der Waals surface area (Å²) in [6.45, 7) is 5.88. The molecule has 0 aromatic carbocycles. The molecule has 0 radical (unpaired) electrons. The molecule has 0 aliphatic heterocycles. The third kappa shape index (κ3) is 8.20. The molecule has 0 saturated heterocycles. The summed E-state index contributed by atoms with van der Waals surface area (Å²) < 4.78 is 25.5. The van der Waals surface area contributed by atoms with Gasteiger partial charge in [-0.1, -0.05) is 40.0 Å². The second kappa shape index (κ2) is 6.33. The van der Waals surface area contributed by atoms with Crippen LogP contribution in [-0.2, 0) is 0 Å². The lowest BCUT2D eigenvalue weighted by Gasteiger charge is -2.13. The van der Waals surface area contributed by atoms with Crippen molar-refractivity contribution in [2.24, 2.45) is 5.92 Å². The number of halogens is 2. The van der Waals surface area contributed by atoms with Crippen LogP contribution in [-0.4, -0.2) is 5.92 Å². The predicted molar refractivity (Wildman–Crippen MR) is 53.2 cm³/mol. The van der Waals surface area contributed by atoms with Crippen LogP contribution in [0.15, 0.2) is 0 Å². The first-order valence-electron chi connectivity index (χ1n) is 5.36. The van der Waals surface area contributed by atoms with E-state index in [1.165, 1.54) is 0 Å². The molecule has 0 aromatic heterocycles. The molecule has 2 heteroatoms. The maximum absolute atomic E-state index is 12.7. The van der Waals surface area contributed by atoms with Crippen molar-refractivity contribution in [1.29, 1.82) is 0 Å². The van der Waals surface area contributed by atoms with E-state index in [1.54, 1.807) is 6.92 Å². The smallest absolute Gasteiger partial charge is 0.207 e. The maximum atomic E-state index is 12.7. The minimum atomic E-state index is -2.42. The lowest BCUT2D eigenvalue weighted by molar-refractivity contribution is -0.0137. The van der Waals surface area contributed by atoms with Crippen molar-refractivity contribution in [2.45, 2.75) is 65.2 Å². The molecule has 0 bridgehead atoms. The van der Waals surface area contributed by atoms with Crippen molar-refractivity contribution < 1.29 is 8.78 Å². The Labute approximate surface area is 80.7 Å². The van der Waals surface area contributed by atoms with Crippen LogP contribution in [0.25, 0.3) is 0 Å². The molecule has 0 saturated carbocycles. The van der Waals surface area contributed by atoms with Gasteiger partial charge in [0.1, 0.15) is 0 Å². The van der Waals surface area contributed by atoms with Crippen LogP contribution in [0.1, 0.15) is 59.3 Å². The Morgan fingerprint density at radius 2 is 1.69 bits per heavy atom. The van der Waals surface area contributed by atoms with Crippen molar-refractivity contribution in [3.63, 3.8) is 0 Å². The molecule has 0 heterocycles. The molecule has 0 N–H and O–H groups in total. The minimum absolute atomic E-state index is 0.0167. The van der Waals surface area contributed by atoms with Gasteiger partial charge in [-0.2, -0.15) is 0 Å². The van der Waals surface area contributed by atoms with Crippen LogP contribution in [0.2, 0.25) is 0 Å². The topological polar surface area (TPSA) is 0 Å². The Hall–Kier alpha value is -0.140. The molecule has 0 aromatic rings. The first-order chi connectivity index (χ1) is 5.98. The van der Waals surface area contributed by atoms with Crippen LogP contribution in [0.5, 0.6) is 0 Å². The SMILES string of the molecule is CCC(F)(F)CCCCCC(C)C. The molecule has 0 aliphatic rings. The summed E-state index contributed by atoms with van der Waals surface area (Å²) in [5.41, 5.74) is 0. The third-order valence-electron chi connectivity index (χ3n) is 2.34. The largest absolute Gasteiger partial charge is 0.247 e. The lowest BCUT2D eigenvalue weighted by Crippen LogP contribution is -2.13. The normalized spacial score (nSPS) is 12.5. The Balaban J connectivity index is 3.26. The van der Waals surface area contributed by atoms with E-state index in [9.17, 15) is 8.78 Å². The van der Waals surface area contributed by atoms with Gasteiger partial charge in [-0.15, -0.1) is 0 Å². The van der Waals surface area contributed by atoms with Crippen LogP contribution < -0.4 is 0 Å². The Morgan fingerprint density at radius 3 is 2.15 bits per heavy atom. The van der Waals surface area contributed by atoms with Gasteiger partial charge < -0.3 is 0 Å². The van der Waals surface area contributed by atoms with E-state index in [0.717, 1.165) is 19.3 Å². The van der Waals surface area contributed by atoms with Gasteiger partial charge in [0.2, 0.25) is 5.92 Å². The van der Waals surface area contributed by atoms with E-state index in [4.69, 9.17) is 0 Å². The zero-order chi connectivity index (χ0) is 10.3. The van der Waals surface area contributed by atoms with Crippen molar-refractivity contribution in [3.8, 4) is 0 Å². The molecular formula is C11H22F2. The summed E-state index contributed by atoms with van der Waals surface area (Å²) >= 11 is 0. The van der Waals surface area contributed by atoms with E-state index in [0.29, 0.717) is 12.3 Å². The fourth-order valence-electron chi connectivity index (χ4n) is 1.29. The highest BCUT2D eigenvalue weighted by atomic mass is 19.3. The van der Waals surface area contributed by atoms with Crippen molar-refractivity contribution in [3.05, 3.63) is 0 Å². The minimum Gasteiger partial charge on any atom is -0.207 e. The number of unbranched alkanes of at least 4 members (excludes halogenated alkanes) is 2. The molecule has 13 heavy (non-hydrogen) atoms. The van der Waals surface area contributed by atoms with Crippen LogP contribution >= 0.6 is 0 Å². The number of hydrogen-bond acceptors (Lipinski definition) is 0. The molecule has 0 amide bonds. The summed E-state index contributed by atoms with van der Waals surface area (Å²) in [6.07, 6.45) is 3.94. The zero-order valence-corrected chi connectivity index (χ0v) is 9.08. The van der Waals surface area contributed by atoms with E-state index in [-0.39, 0.29) is 12.8 Å². The van der Waals surface area contributed by atoms with E-state index >= 15 is 0 Å². The molecule has 0 fully saturated rings. The molecule has 0 aliphatic carbocycles. The monoisotopic (exact) mass is 192 g/mol. The van der Waals surface area contributed by atoms with Crippen molar-refractivity contribution in [1.82, 2.24) is 0 Å². The lowest BCUT2D eigenvalue weighted by atomic mass is 10.0. The fourth-order valence-corrected chi connectivity index (χ4v) is 1.29. The zero-order valence-electron chi connectivity index (χ0n) is 9.08. The van der Waals surface area contributed by atoms with Gasteiger partial charge in [0.15, 0.2) is 0 Å². The average molecular weight is 192 g/mol. The predicted octanol–water partition coefficient (Wildman–Crippen LogP) is 4.64. The molecule has 0 spiro atoms. The number of rotatable bonds is 7. The van der Waals surface area contributed by atoms with E-state index in [2.05, 4.69) is 13.8 Å².